The summed E-state index contributed by atoms with van der Waals surface area (Å²) in [5, 5.41) is 3.50. The van der Waals surface area contributed by atoms with Gasteiger partial charge in [0.05, 0.1) is 6.10 Å². The maximum Gasteiger partial charge on any atom is 0.0714 e. The third kappa shape index (κ3) is 3.65. The molecule has 0 aliphatic carbocycles. The normalized spacial score (nSPS) is 29.1. The van der Waals surface area contributed by atoms with Crippen LogP contribution in [0.5, 0.6) is 0 Å². The first-order chi connectivity index (χ1) is 6.09. The Balaban J connectivity index is 2.17. The van der Waals surface area contributed by atoms with Gasteiger partial charge in [-0.15, -0.1) is 0 Å². The van der Waals surface area contributed by atoms with E-state index >= 15 is 0 Å². The fourth-order valence-corrected chi connectivity index (χ4v) is 1.70. The summed E-state index contributed by atoms with van der Waals surface area (Å²) in [6.45, 7) is 10.9. The molecule has 0 radical (unpaired) electrons. The molecule has 0 spiro atoms. The van der Waals surface area contributed by atoms with E-state index in [0.717, 1.165) is 19.1 Å². The first-order valence-corrected chi connectivity index (χ1v) is 5.44. The zero-order valence-electron chi connectivity index (χ0n) is 9.34. The van der Waals surface area contributed by atoms with Crippen molar-refractivity contribution in [1.29, 1.82) is 0 Å². The smallest absolute Gasteiger partial charge is 0.0714 e. The van der Waals surface area contributed by atoms with E-state index in [1.54, 1.807) is 0 Å². The van der Waals surface area contributed by atoms with Gasteiger partial charge in [0.25, 0.3) is 0 Å². The molecule has 1 aliphatic rings. The summed E-state index contributed by atoms with van der Waals surface area (Å²) in [5.74, 6) is 1.38. The van der Waals surface area contributed by atoms with Gasteiger partial charge in [-0.05, 0) is 18.3 Å². The zero-order valence-corrected chi connectivity index (χ0v) is 9.34. The molecule has 0 aromatic heterocycles. The van der Waals surface area contributed by atoms with Crippen molar-refractivity contribution in [3.8, 4) is 0 Å². The minimum atomic E-state index is 0.454. The molecule has 2 atom stereocenters. The van der Waals surface area contributed by atoms with Gasteiger partial charge in [0.2, 0.25) is 0 Å². The Hall–Kier alpha value is -0.0800. The highest BCUT2D eigenvalue weighted by molar-refractivity contribution is 4.84. The van der Waals surface area contributed by atoms with Crippen molar-refractivity contribution in [2.24, 2.45) is 11.8 Å². The van der Waals surface area contributed by atoms with E-state index in [0.29, 0.717) is 18.1 Å². The molecule has 13 heavy (non-hydrogen) atoms. The van der Waals surface area contributed by atoms with E-state index in [4.69, 9.17) is 4.74 Å². The monoisotopic (exact) mass is 185 g/mol. The molecule has 1 heterocycles. The van der Waals surface area contributed by atoms with Crippen molar-refractivity contribution in [3.63, 3.8) is 0 Å². The Morgan fingerprint density at radius 2 is 2.00 bits per heavy atom. The Morgan fingerprint density at radius 1 is 1.31 bits per heavy atom. The second-order valence-electron chi connectivity index (χ2n) is 4.84. The average molecular weight is 185 g/mol. The van der Waals surface area contributed by atoms with Crippen LogP contribution >= 0.6 is 0 Å². The summed E-state index contributed by atoms with van der Waals surface area (Å²) < 4.78 is 5.78. The number of ether oxygens (including phenoxy) is 1. The molecule has 1 fully saturated rings. The van der Waals surface area contributed by atoms with E-state index in [1.165, 1.54) is 6.42 Å². The van der Waals surface area contributed by atoms with Crippen LogP contribution in [-0.2, 0) is 4.74 Å². The minimum absolute atomic E-state index is 0.454. The summed E-state index contributed by atoms with van der Waals surface area (Å²) in [5.41, 5.74) is 0. The molecule has 78 valence electrons. The fraction of sp³-hybridized carbons (Fsp3) is 1.00. The largest absolute Gasteiger partial charge is 0.377 e. The van der Waals surface area contributed by atoms with Crippen molar-refractivity contribution in [1.82, 2.24) is 5.32 Å². The molecule has 1 rings (SSSR count). The molecule has 2 unspecified atom stereocenters. The van der Waals surface area contributed by atoms with Crippen LogP contribution < -0.4 is 5.32 Å². The van der Waals surface area contributed by atoms with Gasteiger partial charge in [0, 0.05) is 19.2 Å². The highest BCUT2D eigenvalue weighted by Gasteiger charge is 2.26. The van der Waals surface area contributed by atoms with Crippen molar-refractivity contribution in [2.75, 3.05) is 13.2 Å². The van der Waals surface area contributed by atoms with Gasteiger partial charge in [-0.2, -0.15) is 0 Å². The molecule has 0 bridgehead atoms. The summed E-state index contributed by atoms with van der Waals surface area (Å²) in [6.07, 6.45) is 1.64. The third-order valence-electron chi connectivity index (χ3n) is 2.59. The zero-order chi connectivity index (χ0) is 9.84. The standard InChI is InChI=1S/C11H23NO/c1-8(2)7-13-10-5-11(9(3)4)12-6-10/h8-12H,5-7H2,1-4H3. The molecule has 0 amide bonds. The Morgan fingerprint density at radius 3 is 2.46 bits per heavy atom. The molecule has 0 saturated carbocycles. The molecule has 2 nitrogen and oxygen atoms in total. The third-order valence-corrected chi connectivity index (χ3v) is 2.59. The lowest BCUT2D eigenvalue weighted by molar-refractivity contribution is 0.0463. The summed E-state index contributed by atoms with van der Waals surface area (Å²) in [6, 6.07) is 0.664. The second kappa shape index (κ2) is 4.97. The molecule has 1 saturated heterocycles. The van der Waals surface area contributed by atoms with Gasteiger partial charge in [-0.3, -0.25) is 0 Å². The van der Waals surface area contributed by atoms with Crippen molar-refractivity contribution in [2.45, 2.75) is 46.3 Å². The first kappa shape index (κ1) is 11.0. The van der Waals surface area contributed by atoms with Gasteiger partial charge < -0.3 is 10.1 Å². The summed E-state index contributed by atoms with van der Waals surface area (Å²) in [7, 11) is 0. The lowest BCUT2D eigenvalue weighted by Crippen LogP contribution is -2.26. The van der Waals surface area contributed by atoms with Crippen molar-refractivity contribution >= 4 is 0 Å². The van der Waals surface area contributed by atoms with Gasteiger partial charge >= 0.3 is 0 Å². The number of nitrogens with one attached hydrogen (secondary N) is 1. The average Bonchev–Trinajstić information content (AvgIpc) is 2.48. The number of hydrogen-bond acceptors (Lipinski definition) is 2. The quantitative estimate of drug-likeness (QED) is 0.723. The van der Waals surface area contributed by atoms with Gasteiger partial charge in [0.15, 0.2) is 0 Å². The number of rotatable bonds is 4. The maximum absolute atomic E-state index is 5.78. The molecular weight excluding hydrogens is 162 g/mol. The van der Waals surface area contributed by atoms with E-state index in [2.05, 4.69) is 33.0 Å². The number of hydrogen-bond donors (Lipinski definition) is 1. The highest BCUT2D eigenvalue weighted by Crippen LogP contribution is 2.17. The molecule has 0 aromatic carbocycles. The van der Waals surface area contributed by atoms with Crippen molar-refractivity contribution < 1.29 is 4.74 Å². The van der Waals surface area contributed by atoms with E-state index in [-0.39, 0.29) is 0 Å². The van der Waals surface area contributed by atoms with Crippen LogP contribution in [-0.4, -0.2) is 25.3 Å². The SMILES string of the molecule is CC(C)COC1CNC(C(C)C)C1. The predicted molar refractivity (Wildman–Crippen MR) is 55.8 cm³/mol. The van der Waals surface area contributed by atoms with Gasteiger partial charge in [-0.25, -0.2) is 0 Å². The maximum atomic E-state index is 5.78. The van der Waals surface area contributed by atoms with Crippen LogP contribution in [0.1, 0.15) is 34.1 Å². The Bertz CT molecular complexity index is 145. The lowest BCUT2D eigenvalue weighted by atomic mass is 10.0. The molecule has 1 aliphatic heterocycles. The topological polar surface area (TPSA) is 21.3 Å². The van der Waals surface area contributed by atoms with Crippen LogP contribution in [0.4, 0.5) is 0 Å². The van der Waals surface area contributed by atoms with Crippen LogP contribution in [0.2, 0.25) is 0 Å². The summed E-state index contributed by atoms with van der Waals surface area (Å²) >= 11 is 0. The van der Waals surface area contributed by atoms with Crippen LogP contribution in [0, 0.1) is 11.8 Å². The molecular formula is C11H23NO. The van der Waals surface area contributed by atoms with E-state index < -0.39 is 0 Å². The van der Waals surface area contributed by atoms with E-state index in [1.807, 2.05) is 0 Å². The molecule has 2 heteroatoms. The first-order valence-electron chi connectivity index (χ1n) is 5.44. The lowest BCUT2D eigenvalue weighted by Gasteiger charge is -2.15. The predicted octanol–water partition coefficient (Wildman–Crippen LogP) is 2.05. The van der Waals surface area contributed by atoms with Crippen molar-refractivity contribution in [3.05, 3.63) is 0 Å². The Kier molecular flexibility index (Phi) is 4.20. The Labute approximate surface area is 82.0 Å². The highest BCUT2D eigenvalue weighted by atomic mass is 16.5. The summed E-state index contributed by atoms with van der Waals surface area (Å²) in [4.78, 5) is 0. The molecule has 0 aromatic rings. The van der Waals surface area contributed by atoms with Crippen LogP contribution in [0.15, 0.2) is 0 Å². The minimum Gasteiger partial charge on any atom is -0.377 e. The van der Waals surface area contributed by atoms with Crippen LogP contribution in [0.25, 0.3) is 0 Å². The van der Waals surface area contributed by atoms with Gasteiger partial charge in [-0.1, -0.05) is 27.7 Å². The second-order valence-corrected chi connectivity index (χ2v) is 4.84. The van der Waals surface area contributed by atoms with Crippen LogP contribution in [0.3, 0.4) is 0 Å². The fourth-order valence-electron chi connectivity index (χ4n) is 1.70. The van der Waals surface area contributed by atoms with E-state index in [9.17, 15) is 0 Å². The molecule has 1 N–H and O–H groups in total. The van der Waals surface area contributed by atoms with Gasteiger partial charge in [0.1, 0.15) is 0 Å².